The quantitative estimate of drug-likeness (QED) is 0.459. The number of alkyl halides is 2. The predicted octanol–water partition coefficient (Wildman–Crippen LogP) is 5.91. The fraction of sp³-hybridized carbons (Fsp3) is 0.174. The standard InChI is InChI=1S/C23H17F2N3O2/c1-15-22(30-13-17-3-7-19(27-2)8-4-17)21(23(24)25)18(12-28-15)14-29-20-9-5-16(11-26)6-10-20/h3-10,12,23H,13-14H2,1H3. The van der Waals surface area contributed by atoms with E-state index in [-0.39, 0.29) is 30.1 Å². The van der Waals surface area contributed by atoms with E-state index in [0.717, 1.165) is 5.56 Å². The van der Waals surface area contributed by atoms with Gasteiger partial charge in [0.15, 0.2) is 5.69 Å². The highest BCUT2D eigenvalue weighted by Gasteiger charge is 2.22. The van der Waals surface area contributed by atoms with Gasteiger partial charge < -0.3 is 9.47 Å². The number of halogens is 2. The molecule has 0 fully saturated rings. The third kappa shape index (κ3) is 4.89. The molecule has 0 N–H and O–H groups in total. The van der Waals surface area contributed by atoms with Crippen LogP contribution in [0.1, 0.15) is 34.4 Å². The molecule has 0 aliphatic carbocycles. The van der Waals surface area contributed by atoms with Crippen molar-refractivity contribution >= 4 is 5.69 Å². The van der Waals surface area contributed by atoms with Crippen molar-refractivity contribution in [2.45, 2.75) is 26.6 Å². The van der Waals surface area contributed by atoms with Gasteiger partial charge in [-0.25, -0.2) is 13.6 Å². The third-order valence-corrected chi connectivity index (χ3v) is 4.38. The summed E-state index contributed by atoms with van der Waals surface area (Å²) in [6.07, 6.45) is -1.41. The fourth-order valence-corrected chi connectivity index (χ4v) is 2.79. The first-order chi connectivity index (χ1) is 14.5. The molecule has 3 aromatic rings. The average molecular weight is 405 g/mol. The van der Waals surface area contributed by atoms with E-state index in [0.29, 0.717) is 22.7 Å². The Morgan fingerprint density at radius 2 is 1.77 bits per heavy atom. The summed E-state index contributed by atoms with van der Waals surface area (Å²) in [7, 11) is 0. The lowest BCUT2D eigenvalue weighted by Gasteiger charge is -2.17. The van der Waals surface area contributed by atoms with E-state index < -0.39 is 6.43 Å². The molecule has 7 heteroatoms. The van der Waals surface area contributed by atoms with Gasteiger partial charge in [0.2, 0.25) is 0 Å². The number of ether oxygens (including phenoxy) is 2. The van der Waals surface area contributed by atoms with E-state index in [1.165, 1.54) is 6.20 Å². The molecule has 0 spiro atoms. The summed E-state index contributed by atoms with van der Waals surface area (Å²) < 4.78 is 39.1. The number of nitriles is 1. The van der Waals surface area contributed by atoms with E-state index in [1.54, 1.807) is 55.5 Å². The smallest absolute Gasteiger partial charge is 0.267 e. The van der Waals surface area contributed by atoms with E-state index in [1.807, 2.05) is 6.07 Å². The van der Waals surface area contributed by atoms with E-state index in [4.69, 9.17) is 21.3 Å². The number of rotatable bonds is 7. The second-order valence-electron chi connectivity index (χ2n) is 6.40. The maximum Gasteiger partial charge on any atom is 0.267 e. The molecule has 0 aliphatic rings. The van der Waals surface area contributed by atoms with Crippen LogP contribution in [0.2, 0.25) is 0 Å². The second-order valence-corrected chi connectivity index (χ2v) is 6.40. The topological polar surface area (TPSA) is 59.5 Å². The van der Waals surface area contributed by atoms with Crippen molar-refractivity contribution in [2.75, 3.05) is 0 Å². The molecule has 0 aliphatic heterocycles. The van der Waals surface area contributed by atoms with Crippen molar-refractivity contribution < 1.29 is 18.3 Å². The number of nitrogens with zero attached hydrogens (tertiary/aromatic N) is 3. The van der Waals surface area contributed by atoms with Crippen molar-refractivity contribution in [3.05, 3.63) is 94.1 Å². The molecule has 0 bridgehead atoms. The van der Waals surface area contributed by atoms with Crippen molar-refractivity contribution in [1.82, 2.24) is 4.98 Å². The second kappa shape index (κ2) is 9.49. The van der Waals surface area contributed by atoms with Crippen LogP contribution < -0.4 is 9.47 Å². The SMILES string of the molecule is [C-]#[N+]c1ccc(COc2c(C)ncc(COc3ccc(C#N)cc3)c2C(F)F)cc1. The maximum atomic E-state index is 13.9. The van der Waals surface area contributed by atoms with Gasteiger partial charge in [0, 0.05) is 11.8 Å². The molecule has 0 saturated heterocycles. The first-order valence-electron chi connectivity index (χ1n) is 9.00. The Balaban J connectivity index is 1.80. The summed E-state index contributed by atoms with van der Waals surface area (Å²) in [4.78, 5) is 7.50. The Bertz CT molecular complexity index is 1100. The Labute approximate surface area is 173 Å². The molecule has 3 rings (SSSR count). The van der Waals surface area contributed by atoms with Crippen LogP contribution in [0.25, 0.3) is 4.85 Å². The summed E-state index contributed by atoms with van der Waals surface area (Å²) in [5, 5.41) is 8.84. The number of hydrogen-bond acceptors (Lipinski definition) is 4. The summed E-state index contributed by atoms with van der Waals surface area (Å²) in [5.74, 6) is 0.484. The summed E-state index contributed by atoms with van der Waals surface area (Å²) in [6, 6.07) is 15.1. The zero-order valence-corrected chi connectivity index (χ0v) is 16.1. The molecular weight excluding hydrogens is 388 g/mol. The van der Waals surface area contributed by atoms with Crippen LogP contribution in [-0.2, 0) is 13.2 Å². The van der Waals surface area contributed by atoms with Gasteiger partial charge in [-0.05, 0) is 36.8 Å². The number of hydrogen-bond donors (Lipinski definition) is 0. The Hall–Kier alpha value is -3.97. The highest BCUT2D eigenvalue weighted by molar-refractivity contribution is 5.46. The number of aryl methyl sites for hydroxylation is 1. The van der Waals surface area contributed by atoms with Crippen LogP contribution in [0.4, 0.5) is 14.5 Å². The van der Waals surface area contributed by atoms with Crippen LogP contribution in [0.3, 0.4) is 0 Å². The fourth-order valence-electron chi connectivity index (χ4n) is 2.79. The molecule has 1 aromatic heterocycles. The van der Waals surface area contributed by atoms with Gasteiger partial charge in [-0.15, -0.1) is 0 Å². The molecule has 0 radical (unpaired) electrons. The van der Waals surface area contributed by atoms with E-state index in [2.05, 4.69) is 9.83 Å². The first kappa shape index (κ1) is 20.8. The number of aromatic nitrogens is 1. The minimum absolute atomic E-state index is 0.0279. The van der Waals surface area contributed by atoms with Gasteiger partial charge in [-0.2, -0.15) is 5.26 Å². The van der Waals surface area contributed by atoms with Crippen LogP contribution in [0.15, 0.2) is 54.7 Å². The molecular formula is C23H17F2N3O2. The summed E-state index contributed by atoms with van der Waals surface area (Å²) >= 11 is 0. The first-order valence-corrected chi connectivity index (χ1v) is 9.00. The highest BCUT2D eigenvalue weighted by atomic mass is 19.3. The summed E-state index contributed by atoms with van der Waals surface area (Å²) in [6.45, 7) is 8.54. The van der Waals surface area contributed by atoms with Crippen LogP contribution in [0.5, 0.6) is 11.5 Å². The zero-order valence-electron chi connectivity index (χ0n) is 16.1. The van der Waals surface area contributed by atoms with Crippen LogP contribution in [0, 0.1) is 24.8 Å². The van der Waals surface area contributed by atoms with Gasteiger partial charge in [-0.3, -0.25) is 4.98 Å². The van der Waals surface area contributed by atoms with Crippen molar-refractivity contribution in [3.63, 3.8) is 0 Å². The molecule has 2 aromatic carbocycles. The maximum absolute atomic E-state index is 13.9. The number of pyridine rings is 1. The molecule has 0 amide bonds. The van der Waals surface area contributed by atoms with E-state index >= 15 is 0 Å². The largest absolute Gasteiger partial charge is 0.489 e. The Morgan fingerprint density at radius 3 is 2.37 bits per heavy atom. The minimum Gasteiger partial charge on any atom is -0.489 e. The normalized spacial score (nSPS) is 10.3. The lowest BCUT2D eigenvalue weighted by atomic mass is 10.1. The van der Waals surface area contributed by atoms with Gasteiger partial charge >= 0.3 is 0 Å². The zero-order chi connectivity index (χ0) is 21.5. The number of benzene rings is 2. The van der Waals surface area contributed by atoms with Gasteiger partial charge in [0.1, 0.15) is 24.7 Å². The molecule has 1 heterocycles. The molecule has 0 saturated carbocycles. The van der Waals surface area contributed by atoms with Gasteiger partial charge in [0.25, 0.3) is 6.43 Å². The average Bonchev–Trinajstić information content (AvgIpc) is 2.77. The van der Waals surface area contributed by atoms with Gasteiger partial charge in [0.05, 0.1) is 29.5 Å². The van der Waals surface area contributed by atoms with Crippen molar-refractivity contribution in [2.24, 2.45) is 0 Å². The molecule has 0 unspecified atom stereocenters. The highest BCUT2D eigenvalue weighted by Crippen LogP contribution is 2.35. The predicted molar refractivity (Wildman–Crippen MR) is 106 cm³/mol. The monoisotopic (exact) mass is 405 g/mol. The van der Waals surface area contributed by atoms with Crippen molar-refractivity contribution in [1.29, 1.82) is 5.26 Å². The van der Waals surface area contributed by atoms with Crippen LogP contribution >= 0.6 is 0 Å². The Morgan fingerprint density at radius 1 is 1.07 bits per heavy atom. The summed E-state index contributed by atoms with van der Waals surface area (Å²) in [5.41, 5.74) is 2.04. The molecule has 150 valence electrons. The van der Waals surface area contributed by atoms with Crippen LogP contribution in [-0.4, -0.2) is 4.98 Å². The Kier molecular flexibility index (Phi) is 6.56. The molecule has 30 heavy (non-hydrogen) atoms. The molecule has 0 atom stereocenters. The van der Waals surface area contributed by atoms with Gasteiger partial charge in [-0.1, -0.05) is 24.3 Å². The third-order valence-electron chi connectivity index (χ3n) is 4.38. The lowest BCUT2D eigenvalue weighted by Crippen LogP contribution is -2.08. The van der Waals surface area contributed by atoms with E-state index in [9.17, 15) is 8.78 Å². The lowest BCUT2D eigenvalue weighted by molar-refractivity contribution is 0.140. The molecule has 5 nitrogen and oxygen atoms in total. The van der Waals surface area contributed by atoms with Crippen molar-refractivity contribution in [3.8, 4) is 17.6 Å². The minimum atomic E-state index is -2.77.